The molecule has 0 N–H and O–H groups in total. The van der Waals surface area contributed by atoms with Crippen LogP contribution in [0.3, 0.4) is 0 Å². The molecule has 144 valence electrons. The number of imide groups is 1. The van der Waals surface area contributed by atoms with Gasteiger partial charge in [0.15, 0.2) is 12.4 Å². The number of hydrogen-bond acceptors (Lipinski definition) is 4. The van der Waals surface area contributed by atoms with Crippen LogP contribution in [-0.2, 0) is 9.59 Å². The van der Waals surface area contributed by atoms with Crippen molar-refractivity contribution in [1.29, 1.82) is 0 Å². The maximum atomic E-state index is 12.9. The lowest BCUT2D eigenvalue weighted by Crippen LogP contribution is -2.30. The second-order valence-electron chi connectivity index (χ2n) is 7.72. The number of carbonyl (C=O) groups is 3. The molecule has 0 bridgehead atoms. The van der Waals surface area contributed by atoms with Gasteiger partial charge < -0.3 is 4.74 Å². The van der Waals surface area contributed by atoms with Crippen LogP contribution in [0.5, 0.6) is 5.75 Å². The molecular formula is C23H23NO4. The number of anilines is 1. The maximum absolute atomic E-state index is 12.9. The number of Topliss-reactive ketones (excluding diaryl/α,β-unsaturated/α-hetero) is 1. The van der Waals surface area contributed by atoms with Crippen molar-refractivity contribution in [2.24, 2.45) is 17.8 Å². The van der Waals surface area contributed by atoms with Crippen LogP contribution in [0.4, 0.5) is 5.69 Å². The Morgan fingerprint density at radius 2 is 1.75 bits per heavy atom. The molecule has 5 nitrogen and oxygen atoms in total. The summed E-state index contributed by atoms with van der Waals surface area (Å²) in [5.41, 5.74) is 1.10. The standard InChI is InChI=1S/C23H23NO4/c1-15-10-11-19-20(12-15)23(27)24(22(19)26)17-8-5-9-18(13-17)28-14-21(25)16-6-3-2-4-7-16/h2-9,13,15,19-20H,10-12,14H2,1H3/t15-,19+,20+/m0/s1. The van der Waals surface area contributed by atoms with Gasteiger partial charge in [0, 0.05) is 11.6 Å². The summed E-state index contributed by atoms with van der Waals surface area (Å²) in [6, 6.07) is 15.8. The Bertz CT molecular complexity index is 908. The highest BCUT2D eigenvalue weighted by Crippen LogP contribution is 2.42. The Morgan fingerprint density at radius 1 is 1.00 bits per heavy atom. The van der Waals surface area contributed by atoms with E-state index in [0.29, 0.717) is 22.9 Å². The summed E-state index contributed by atoms with van der Waals surface area (Å²) in [5.74, 6) is 0.175. The summed E-state index contributed by atoms with van der Waals surface area (Å²) in [6.07, 6.45) is 2.53. The van der Waals surface area contributed by atoms with Crippen LogP contribution in [0.1, 0.15) is 36.5 Å². The molecule has 0 aromatic heterocycles. The Kier molecular flexibility index (Phi) is 4.99. The normalized spacial score (nSPS) is 24.2. The molecule has 4 rings (SSSR count). The number of ether oxygens (including phenoxy) is 1. The van der Waals surface area contributed by atoms with Crippen molar-refractivity contribution in [3.05, 3.63) is 60.2 Å². The number of hydrogen-bond donors (Lipinski definition) is 0. The van der Waals surface area contributed by atoms with Gasteiger partial charge in [0.1, 0.15) is 5.75 Å². The molecule has 0 radical (unpaired) electrons. The topological polar surface area (TPSA) is 63.7 Å². The molecular weight excluding hydrogens is 354 g/mol. The number of fused-ring (bicyclic) bond motifs is 1. The highest BCUT2D eigenvalue weighted by Gasteiger charge is 2.49. The number of rotatable bonds is 5. The highest BCUT2D eigenvalue weighted by atomic mass is 16.5. The molecule has 1 saturated heterocycles. The number of nitrogens with zero attached hydrogens (tertiary/aromatic N) is 1. The maximum Gasteiger partial charge on any atom is 0.237 e. The van der Waals surface area contributed by atoms with E-state index in [1.165, 1.54) is 4.90 Å². The van der Waals surface area contributed by atoms with Crippen LogP contribution < -0.4 is 9.64 Å². The van der Waals surface area contributed by atoms with Crippen molar-refractivity contribution in [2.75, 3.05) is 11.5 Å². The average molecular weight is 377 g/mol. The Balaban J connectivity index is 1.49. The third kappa shape index (κ3) is 3.44. The highest BCUT2D eigenvalue weighted by molar-refractivity contribution is 6.22. The minimum absolute atomic E-state index is 0.0991. The van der Waals surface area contributed by atoms with Gasteiger partial charge in [-0.25, -0.2) is 4.90 Å². The second-order valence-corrected chi connectivity index (χ2v) is 7.72. The van der Waals surface area contributed by atoms with Gasteiger partial charge in [-0.3, -0.25) is 14.4 Å². The Hall–Kier alpha value is -2.95. The largest absolute Gasteiger partial charge is 0.485 e. The van der Waals surface area contributed by atoms with Crippen molar-refractivity contribution >= 4 is 23.3 Å². The minimum Gasteiger partial charge on any atom is -0.485 e. The Morgan fingerprint density at radius 3 is 2.54 bits per heavy atom. The molecule has 1 aliphatic heterocycles. The lowest BCUT2D eigenvalue weighted by Gasteiger charge is -2.25. The number of ketones is 1. The smallest absolute Gasteiger partial charge is 0.237 e. The van der Waals surface area contributed by atoms with E-state index in [1.54, 1.807) is 48.5 Å². The average Bonchev–Trinajstić information content (AvgIpc) is 2.96. The fraction of sp³-hybridized carbons (Fsp3) is 0.348. The number of benzene rings is 2. The fourth-order valence-electron chi connectivity index (χ4n) is 4.21. The summed E-state index contributed by atoms with van der Waals surface area (Å²) in [6.45, 7) is 2.03. The first-order valence-corrected chi connectivity index (χ1v) is 9.73. The van der Waals surface area contributed by atoms with Gasteiger partial charge in [0.05, 0.1) is 17.5 Å². The summed E-state index contributed by atoms with van der Waals surface area (Å²) in [7, 11) is 0. The first kappa shape index (κ1) is 18.4. The fourth-order valence-corrected chi connectivity index (χ4v) is 4.21. The van der Waals surface area contributed by atoms with E-state index in [9.17, 15) is 14.4 Å². The molecule has 28 heavy (non-hydrogen) atoms. The van der Waals surface area contributed by atoms with Crippen LogP contribution in [0.2, 0.25) is 0 Å². The van der Waals surface area contributed by atoms with Gasteiger partial charge in [-0.15, -0.1) is 0 Å². The van der Waals surface area contributed by atoms with Crippen LogP contribution >= 0.6 is 0 Å². The molecule has 2 aliphatic rings. The SMILES string of the molecule is C[C@H]1CC[C@H]2C(=O)N(c3cccc(OCC(=O)c4ccccc4)c3)C(=O)[C@@H]2C1. The van der Waals surface area contributed by atoms with E-state index >= 15 is 0 Å². The first-order chi connectivity index (χ1) is 13.5. The van der Waals surface area contributed by atoms with Gasteiger partial charge in [0.25, 0.3) is 0 Å². The summed E-state index contributed by atoms with van der Waals surface area (Å²) < 4.78 is 5.63. The van der Waals surface area contributed by atoms with Crippen molar-refractivity contribution in [3.8, 4) is 5.75 Å². The van der Waals surface area contributed by atoms with Crippen LogP contribution in [0, 0.1) is 17.8 Å². The second kappa shape index (κ2) is 7.58. The van der Waals surface area contributed by atoms with E-state index < -0.39 is 0 Å². The lowest BCUT2D eigenvalue weighted by molar-refractivity contribution is -0.122. The van der Waals surface area contributed by atoms with Gasteiger partial charge in [-0.1, -0.05) is 43.3 Å². The van der Waals surface area contributed by atoms with E-state index in [1.807, 2.05) is 6.07 Å². The third-order valence-corrected chi connectivity index (χ3v) is 5.73. The zero-order valence-corrected chi connectivity index (χ0v) is 15.8. The van der Waals surface area contributed by atoms with Crippen LogP contribution in [0.25, 0.3) is 0 Å². The predicted octanol–water partition coefficient (Wildman–Crippen LogP) is 3.87. The molecule has 1 aliphatic carbocycles. The molecule has 0 unspecified atom stereocenters. The summed E-state index contributed by atoms with van der Waals surface area (Å²) in [5, 5.41) is 0. The number of carbonyl (C=O) groups excluding carboxylic acids is 3. The van der Waals surface area contributed by atoms with Crippen molar-refractivity contribution in [3.63, 3.8) is 0 Å². The molecule has 2 aromatic carbocycles. The van der Waals surface area contributed by atoms with E-state index in [4.69, 9.17) is 4.74 Å². The monoisotopic (exact) mass is 377 g/mol. The van der Waals surface area contributed by atoms with Crippen molar-refractivity contribution in [2.45, 2.75) is 26.2 Å². The molecule has 2 aromatic rings. The first-order valence-electron chi connectivity index (χ1n) is 9.73. The molecule has 5 heteroatoms. The molecule has 0 spiro atoms. The zero-order chi connectivity index (χ0) is 19.7. The van der Waals surface area contributed by atoms with E-state index in [2.05, 4.69) is 6.92 Å². The third-order valence-electron chi connectivity index (χ3n) is 5.73. The molecule has 1 saturated carbocycles. The summed E-state index contributed by atoms with van der Waals surface area (Å²) >= 11 is 0. The van der Waals surface area contributed by atoms with Crippen LogP contribution in [0.15, 0.2) is 54.6 Å². The zero-order valence-electron chi connectivity index (χ0n) is 15.8. The lowest BCUT2D eigenvalue weighted by atomic mass is 9.76. The molecule has 1 heterocycles. The predicted molar refractivity (Wildman–Crippen MR) is 105 cm³/mol. The molecule has 2 fully saturated rings. The quantitative estimate of drug-likeness (QED) is 0.586. The minimum atomic E-state index is -0.208. The van der Waals surface area contributed by atoms with E-state index in [0.717, 1.165) is 19.3 Å². The van der Waals surface area contributed by atoms with Gasteiger partial charge in [-0.2, -0.15) is 0 Å². The van der Waals surface area contributed by atoms with Gasteiger partial charge >= 0.3 is 0 Å². The van der Waals surface area contributed by atoms with Crippen LogP contribution in [-0.4, -0.2) is 24.2 Å². The van der Waals surface area contributed by atoms with Crippen molar-refractivity contribution < 1.29 is 19.1 Å². The van der Waals surface area contributed by atoms with Crippen molar-refractivity contribution in [1.82, 2.24) is 0 Å². The number of amides is 2. The van der Waals surface area contributed by atoms with Gasteiger partial charge in [0.2, 0.25) is 11.8 Å². The van der Waals surface area contributed by atoms with Gasteiger partial charge in [-0.05, 0) is 37.3 Å². The van der Waals surface area contributed by atoms with E-state index in [-0.39, 0.29) is 36.0 Å². The Labute approximate surface area is 164 Å². The molecule has 2 amide bonds. The summed E-state index contributed by atoms with van der Waals surface area (Å²) in [4.78, 5) is 39.2. The molecule has 3 atom stereocenters.